The van der Waals surface area contributed by atoms with Crippen molar-refractivity contribution in [2.75, 3.05) is 5.32 Å². The minimum Gasteiger partial charge on any atom is -0.294 e. The quantitative estimate of drug-likeness (QED) is 0.504. The number of thiophene rings is 1. The van der Waals surface area contributed by atoms with Crippen molar-refractivity contribution in [1.82, 2.24) is 19.9 Å². The molecule has 6 nitrogen and oxygen atoms in total. The third-order valence-corrected chi connectivity index (χ3v) is 6.57. The highest BCUT2D eigenvalue weighted by Gasteiger charge is 2.28. The summed E-state index contributed by atoms with van der Waals surface area (Å²) < 4.78 is 0. The maximum atomic E-state index is 12.6. The molecule has 1 aliphatic rings. The fourth-order valence-corrected chi connectivity index (χ4v) is 4.95. The van der Waals surface area contributed by atoms with E-state index in [2.05, 4.69) is 57.3 Å². The molecule has 3 aromatic heterocycles. The summed E-state index contributed by atoms with van der Waals surface area (Å²) in [5.41, 5.74) is 5.52. The minimum atomic E-state index is 0.102. The molecule has 1 aliphatic carbocycles. The lowest BCUT2D eigenvalue weighted by molar-refractivity contribution is 0.0963. The third kappa shape index (κ3) is 3.35. The molecule has 30 heavy (non-hydrogen) atoms. The molecular weight excluding hydrogens is 394 g/mol. The Morgan fingerprint density at radius 3 is 2.73 bits per heavy atom. The van der Waals surface area contributed by atoms with Crippen LogP contribution in [0.5, 0.6) is 0 Å². The number of hydrogen-bond acceptors (Lipinski definition) is 7. The maximum Gasteiger partial charge on any atom is 0.230 e. The van der Waals surface area contributed by atoms with Crippen LogP contribution in [0.3, 0.4) is 0 Å². The summed E-state index contributed by atoms with van der Waals surface area (Å²) in [6.45, 7) is 6.10. The molecule has 3 heterocycles. The van der Waals surface area contributed by atoms with Gasteiger partial charge in [-0.1, -0.05) is 17.7 Å². The first-order chi connectivity index (χ1) is 14.5. The molecular formula is C23H21N5OS. The summed E-state index contributed by atoms with van der Waals surface area (Å²) in [5, 5.41) is 6.24. The summed E-state index contributed by atoms with van der Waals surface area (Å²) in [4.78, 5) is 32.1. The Hall–Kier alpha value is -3.19. The van der Waals surface area contributed by atoms with Crippen molar-refractivity contribution in [3.05, 3.63) is 68.8 Å². The van der Waals surface area contributed by atoms with E-state index >= 15 is 0 Å². The van der Waals surface area contributed by atoms with Gasteiger partial charge in [-0.15, -0.1) is 11.3 Å². The standard InChI is InChI=1S/C23H21N5OS/c1-12-7-13(2)21-16(8-12)14(3)25-23(27-21)28-22-24-11-17-18(26-22)9-15(10-19(17)29)20-5-4-6-30-20/h4-8,11,15H,9-10H2,1-3H3,(H,24,25,26,27,28). The zero-order valence-electron chi connectivity index (χ0n) is 17.1. The normalized spacial score (nSPS) is 16.0. The lowest BCUT2D eigenvalue weighted by atomic mass is 9.86. The first-order valence-corrected chi connectivity index (χ1v) is 10.8. The molecule has 0 aliphatic heterocycles. The second-order valence-corrected chi connectivity index (χ2v) is 8.81. The van der Waals surface area contributed by atoms with E-state index < -0.39 is 0 Å². The number of anilines is 2. The number of carbonyl (C=O) groups is 1. The zero-order chi connectivity index (χ0) is 20.8. The van der Waals surface area contributed by atoms with Crippen molar-refractivity contribution in [1.29, 1.82) is 0 Å². The topological polar surface area (TPSA) is 80.7 Å². The lowest BCUT2D eigenvalue weighted by Gasteiger charge is -2.22. The summed E-state index contributed by atoms with van der Waals surface area (Å²) in [6, 6.07) is 8.33. The molecule has 0 saturated carbocycles. The molecule has 1 atom stereocenters. The number of aryl methyl sites for hydroxylation is 3. The summed E-state index contributed by atoms with van der Waals surface area (Å²) in [6.07, 6.45) is 2.87. The Bertz CT molecular complexity index is 1280. The predicted molar refractivity (Wildman–Crippen MR) is 119 cm³/mol. The van der Waals surface area contributed by atoms with Crippen LogP contribution in [0.1, 0.15) is 50.1 Å². The number of hydrogen-bond donors (Lipinski definition) is 1. The van der Waals surface area contributed by atoms with Crippen LogP contribution in [-0.2, 0) is 6.42 Å². The van der Waals surface area contributed by atoms with Crippen molar-refractivity contribution >= 4 is 39.9 Å². The van der Waals surface area contributed by atoms with Crippen molar-refractivity contribution in [3.8, 4) is 0 Å². The van der Waals surface area contributed by atoms with Crippen LogP contribution >= 0.6 is 11.3 Å². The first-order valence-electron chi connectivity index (χ1n) is 9.93. The molecule has 0 spiro atoms. The van der Waals surface area contributed by atoms with Gasteiger partial charge in [0.1, 0.15) is 0 Å². The van der Waals surface area contributed by atoms with Gasteiger partial charge in [-0.2, -0.15) is 0 Å². The summed E-state index contributed by atoms with van der Waals surface area (Å²) in [5.74, 6) is 1.16. The van der Waals surface area contributed by atoms with Gasteiger partial charge in [0.25, 0.3) is 0 Å². The van der Waals surface area contributed by atoms with Crippen LogP contribution in [0.4, 0.5) is 11.9 Å². The third-order valence-electron chi connectivity index (χ3n) is 5.53. The summed E-state index contributed by atoms with van der Waals surface area (Å²) >= 11 is 1.69. The predicted octanol–water partition coefficient (Wildman–Crippen LogP) is 5.06. The monoisotopic (exact) mass is 415 g/mol. The van der Waals surface area contributed by atoms with E-state index in [0.717, 1.165) is 34.3 Å². The fraction of sp³-hybridized carbons (Fsp3) is 0.261. The van der Waals surface area contributed by atoms with E-state index in [1.807, 2.05) is 18.4 Å². The minimum absolute atomic E-state index is 0.102. The SMILES string of the molecule is Cc1cc(C)c2nc(Nc3ncc4c(n3)CC(c3cccs3)CC4=O)nc(C)c2c1. The largest absolute Gasteiger partial charge is 0.294 e. The van der Waals surface area contributed by atoms with E-state index in [9.17, 15) is 4.79 Å². The van der Waals surface area contributed by atoms with Crippen LogP contribution < -0.4 is 5.32 Å². The highest BCUT2D eigenvalue weighted by molar-refractivity contribution is 7.10. The van der Waals surface area contributed by atoms with E-state index in [0.29, 0.717) is 23.9 Å². The Morgan fingerprint density at radius 2 is 1.93 bits per heavy atom. The van der Waals surface area contributed by atoms with Crippen LogP contribution in [0.25, 0.3) is 10.9 Å². The van der Waals surface area contributed by atoms with Gasteiger partial charge in [-0.3, -0.25) is 10.1 Å². The number of rotatable bonds is 3. The van der Waals surface area contributed by atoms with Gasteiger partial charge in [-0.25, -0.2) is 19.9 Å². The Balaban J connectivity index is 1.48. The van der Waals surface area contributed by atoms with E-state index in [1.54, 1.807) is 17.5 Å². The number of nitrogens with one attached hydrogen (secondary N) is 1. The van der Waals surface area contributed by atoms with Gasteiger partial charge < -0.3 is 0 Å². The highest BCUT2D eigenvalue weighted by atomic mass is 32.1. The average Bonchev–Trinajstić information content (AvgIpc) is 3.24. The number of carbonyl (C=O) groups excluding carboxylic acids is 1. The lowest BCUT2D eigenvalue weighted by Crippen LogP contribution is -2.20. The highest BCUT2D eigenvalue weighted by Crippen LogP contribution is 2.34. The van der Waals surface area contributed by atoms with Crippen molar-refractivity contribution < 1.29 is 4.79 Å². The van der Waals surface area contributed by atoms with Gasteiger partial charge in [0.2, 0.25) is 11.9 Å². The first kappa shape index (κ1) is 18.8. The number of benzene rings is 1. The molecule has 0 radical (unpaired) electrons. The van der Waals surface area contributed by atoms with Gasteiger partial charge in [0.15, 0.2) is 5.78 Å². The smallest absolute Gasteiger partial charge is 0.230 e. The van der Waals surface area contributed by atoms with Crippen LogP contribution in [0, 0.1) is 20.8 Å². The van der Waals surface area contributed by atoms with Crippen LogP contribution in [0.2, 0.25) is 0 Å². The number of ketones is 1. The molecule has 1 aromatic carbocycles. The summed E-state index contributed by atoms with van der Waals surface area (Å²) in [7, 11) is 0. The van der Waals surface area contributed by atoms with Gasteiger partial charge in [-0.05, 0) is 50.3 Å². The van der Waals surface area contributed by atoms with Crippen molar-refractivity contribution in [3.63, 3.8) is 0 Å². The molecule has 5 rings (SSSR count). The Labute approximate surface area is 178 Å². The molecule has 0 bridgehead atoms. The number of Topliss-reactive ketones (excluding diaryl/α,β-unsaturated/α-hetero) is 1. The van der Waals surface area contributed by atoms with Crippen LogP contribution in [-0.4, -0.2) is 25.7 Å². The average molecular weight is 416 g/mol. The molecule has 0 saturated heterocycles. The molecule has 1 N–H and O–H groups in total. The number of nitrogens with zero attached hydrogens (tertiary/aromatic N) is 4. The number of aromatic nitrogens is 4. The second-order valence-electron chi connectivity index (χ2n) is 7.83. The van der Waals surface area contributed by atoms with E-state index in [4.69, 9.17) is 0 Å². The molecule has 1 unspecified atom stereocenters. The van der Waals surface area contributed by atoms with Crippen LogP contribution in [0.15, 0.2) is 35.8 Å². The molecule has 150 valence electrons. The Morgan fingerprint density at radius 1 is 1.07 bits per heavy atom. The van der Waals surface area contributed by atoms with Gasteiger partial charge >= 0.3 is 0 Å². The maximum absolute atomic E-state index is 12.6. The molecule has 7 heteroatoms. The van der Waals surface area contributed by atoms with Crippen molar-refractivity contribution in [2.24, 2.45) is 0 Å². The van der Waals surface area contributed by atoms with Crippen molar-refractivity contribution in [2.45, 2.75) is 39.5 Å². The fourth-order valence-electron chi connectivity index (χ4n) is 4.12. The molecule has 0 amide bonds. The zero-order valence-corrected chi connectivity index (χ0v) is 17.9. The van der Waals surface area contributed by atoms with E-state index in [-0.39, 0.29) is 11.7 Å². The molecule has 4 aromatic rings. The van der Waals surface area contributed by atoms with Gasteiger partial charge in [0.05, 0.1) is 22.5 Å². The Kier molecular flexibility index (Phi) is 4.55. The van der Waals surface area contributed by atoms with Gasteiger partial charge in [0, 0.05) is 28.8 Å². The number of fused-ring (bicyclic) bond motifs is 2. The second kappa shape index (κ2) is 7.25. The van der Waals surface area contributed by atoms with E-state index in [1.165, 1.54) is 10.4 Å². The molecule has 0 fully saturated rings.